The van der Waals surface area contributed by atoms with Crippen LogP contribution in [0, 0.1) is 6.92 Å². The van der Waals surface area contributed by atoms with E-state index in [1.54, 1.807) is 6.07 Å². The van der Waals surface area contributed by atoms with Crippen LogP contribution in [-0.2, 0) is 16.8 Å². The summed E-state index contributed by atoms with van der Waals surface area (Å²) in [5.74, 6) is -0.318. The summed E-state index contributed by atoms with van der Waals surface area (Å²) in [4.78, 5) is 17.0. The number of rotatable bonds is 3. The molecule has 0 radical (unpaired) electrons. The number of benzene rings is 2. The summed E-state index contributed by atoms with van der Waals surface area (Å²) in [5.41, 5.74) is 4.54. The fraction of sp³-hybridized carbons (Fsp3) is 0.273. The van der Waals surface area contributed by atoms with Gasteiger partial charge >= 0.3 is 5.97 Å². The number of hydrogen-bond acceptors (Lipinski definition) is 3. The molecule has 0 spiro atoms. The Balaban J connectivity index is 1.77. The number of pyridine rings is 1. The largest absolute Gasteiger partial charge is 0.457 e. The lowest BCUT2D eigenvalue weighted by atomic mass is 9.87. The second-order valence-electron chi connectivity index (χ2n) is 7.35. The normalized spacial score (nSPS) is 11.5. The van der Waals surface area contributed by atoms with E-state index in [0.717, 1.165) is 22.2 Å². The van der Waals surface area contributed by atoms with Crippen LogP contribution in [0.4, 0.5) is 0 Å². The highest BCUT2D eigenvalue weighted by molar-refractivity contribution is 6.03. The van der Waals surface area contributed by atoms with Crippen LogP contribution in [0.1, 0.15) is 48.0 Å². The number of para-hydroxylation sites is 1. The van der Waals surface area contributed by atoms with Gasteiger partial charge in [-0.1, -0.05) is 63.2 Å². The molecule has 0 unspecified atom stereocenters. The van der Waals surface area contributed by atoms with Crippen molar-refractivity contribution in [1.29, 1.82) is 0 Å². The summed E-state index contributed by atoms with van der Waals surface area (Å²) >= 11 is 0. The highest BCUT2D eigenvalue weighted by Gasteiger charge is 2.15. The van der Waals surface area contributed by atoms with Crippen molar-refractivity contribution in [2.24, 2.45) is 0 Å². The zero-order chi connectivity index (χ0) is 18.0. The third-order valence-electron chi connectivity index (χ3n) is 4.25. The molecule has 3 nitrogen and oxygen atoms in total. The van der Waals surface area contributed by atoms with Crippen molar-refractivity contribution in [2.75, 3.05) is 0 Å². The molecule has 25 heavy (non-hydrogen) atoms. The van der Waals surface area contributed by atoms with Crippen LogP contribution in [0.5, 0.6) is 0 Å². The molecule has 0 fully saturated rings. The molecule has 3 aromatic rings. The number of nitrogens with zero attached hydrogens (tertiary/aromatic N) is 1. The molecule has 3 rings (SSSR count). The van der Waals surface area contributed by atoms with Crippen molar-refractivity contribution >= 4 is 16.9 Å². The van der Waals surface area contributed by atoms with Gasteiger partial charge in [-0.15, -0.1) is 0 Å². The summed E-state index contributed by atoms with van der Waals surface area (Å²) in [6.45, 7) is 8.68. The number of carbonyl (C=O) groups excluding carboxylic acids is 1. The second-order valence-corrected chi connectivity index (χ2v) is 7.35. The van der Waals surface area contributed by atoms with Crippen molar-refractivity contribution in [3.8, 4) is 0 Å². The lowest BCUT2D eigenvalue weighted by Gasteiger charge is -2.19. The van der Waals surface area contributed by atoms with E-state index in [1.807, 2.05) is 43.3 Å². The van der Waals surface area contributed by atoms with Gasteiger partial charge in [-0.05, 0) is 35.6 Å². The topological polar surface area (TPSA) is 39.2 Å². The Morgan fingerprint density at radius 3 is 2.40 bits per heavy atom. The van der Waals surface area contributed by atoms with Gasteiger partial charge in [0.2, 0.25) is 0 Å². The van der Waals surface area contributed by atoms with E-state index in [4.69, 9.17) is 4.74 Å². The number of aromatic nitrogens is 1. The first-order valence-electron chi connectivity index (χ1n) is 8.47. The molecule has 3 heteroatoms. The zero-order valence-corrected chi connectivity index (χ0v) is 15.2. The SMILES string of the molecule is Cc1cc(C(=O)OCc2ccc(C(C)(C)C)cc2)c2ccccc2n1. The summed E-state index contributed by atoms with van der Waals surface area (Å²) in [6, 6.07) is 17.6. The predicted molar refractivity (Wildman–Crippen MR) is 101 cm³/mol. The van der Waals surface area contributed by atoms with Crippen molar-refractivity contribution in [1.82, 2.24) is 4.98 Å². The highest BCUT2D eigenvalue weighted by Crippen LogP contribution is 2.23. The van der Waals surface area contributed by atoms with Crippen LogP contribution >= 0.6 is 0 Å². The zero-order valence-electron chi connectivity index (χ0n) is 15.2. The monoisotopic (exact) mass is 333 g/mol. The summed E-state index contributed by atoms with van der Waals surface area (Å²) in [7, 11) is 0. The minimum Gasteiger partial charge on any atom is -0.457 e. The molecule has 0 saturated carbocycles. The van der Waals surface area contributed by atoms with Crippen LogP contribution in [0.3, 0.4) is 0 Å². The molecule has 128 valence electrons. The second kappa shape index (κ2) is 6.67. The third-order valence-corrected chi connectivity index (χ3v) is 4.25. The van der Waals surface area contributed by atoms with Crippen LogP contribution in [0.2, 0.25) is 0 Å². The van der Waals surface area contributed by atoms with E-state index in [1.165, 1.54) is 5.56 Å². The van der Waals surface area contributed by atoms with Crippen molar-refractivity contribution in [2.45, 2.75) is 39.7 Å². The number of hydrogen-bond donors (Lipinski definition) is 0. The highest BCUT2D eigenvalue weighted by atomic mass is 16.5. The molecule has 0 aliphatic heterocycles. The third kappa shape index (κ3) is 3.87. The van der Waals surface area contributed by atoms with E-state index in [-0.39, 0.29) is 18.0 Å². The first-order chi connectivity index (χ1) is 11.8. The lowest BCUT2D eigenvalue weighted by molar-refractivity contribution is 0.0475. The maximum absolute atomic E-state index is 12.6. The Morgan fingerprint density at radius 1 is 1.04 bits per heavy atom. The molecular weight excluding hydrogens is 310 g/mol. The van der Waals surface area contributed by atoms with Gasteiger partial charge in [-0.2, -0.15) is 0 Å². The van der Waals surface area contributed by atoms with Gasteiger partial charge in [0.25, 0.3) is 0 Å². The number of aryl methyl sites for hydroxylation is 1. The summed E-state index contributed by atoms with van der Waals surface area (Å²) in [5, 5.41) is 0.821. The van der Waals surface area contributed by atoms with Crippen LogP contribution in [0.15, 0.2) is 54.6 Å². The van der Waals surface area contributed by atoms with E-state index in [2.05, 4.69) is 37.9 Å². The van der Waals surface area contributed by atoms with Gasteiger partial charge in [-0.3, -0.25) is 4.98 Å². The maximum Gasteiger partial charge on any atom is 0.339 e. The Morgan fingerprint density at radius 2 is 1.72 bits per heavy atom. The average molecular weight is 333 g/mol. The molecule has 0 aliphatic rings. The van der Waals surface area contributed by atoms with Crippen molar-refractivity contribution in [3.05, 3.63) is 77.0 Å². The maximum atomic E-state index is 12.6. The molecule has 0 saturated heterocycles. The first-order valence-corrected chi connectivity index (χ1v) is 8.47. The Kier molecular flexibility index (Phi) is 4.58. The molecule has 0 N–H and O–H groups in total. The van der Waals surface area contributed by atoms with Gasteiger partial charge in [0.05, 0.1) is 11.1 Å². The van der Waals surface area contributed by atoms with Gasteiger partial charge in [0, 0.05) is 11.1 Å². The summed E-state index contributed by atoms with van der Waals surface area (Å²) in [6.07, 6.45) is 0. The van der Waals surface area contributed by atoms with Gasteiger partial charge in [0.15, 0.2) is 0 Å². The smallest absolute Gasteiger partial charge is 0.339 e. The number of fused-ring (bicyclic) bond motifs is 1. The standard InChI is InChI=1S/C22H23NO2/c1-15-13-19(18-7-5-6-8-20(18)23-15)21(24)25-14-16-9-11-17(12-10-16)22(2,3)4/h5-13H,14H2,1-4H3. The fourth-order valence-electron chi connectivity index (χ4n) is 2.80. The first kappa shape index (κ1) is 17.2. The Hall–Kier alpha value is -2.68. The lowest BCUT2D eigenvalue weighted by Crippen LogP contribution is -2.11. The van der Waals surface area contributed by atoms with Crippen LogP contribution in [-0.4, -0.2) is 11.0 Å². The minimum absolute atomic E-state index is 0.114. The van der Waals surface area contributed by atoms with Crippen LogP contribution < -0.4 is 0 Å². The molecule has 0 bridgehead atoms. The van der Waals surface area contributed by atoms with E-state index in [0.29, 0.717) is 5.56 Å². The van der Waals surface area contributed by atoms with Crippen molar-refractivity contribution < 1.29 is 9.53 Å². The van der Waals surface area contributed by atoms with Crippen molar-refractivity contribution in [3.63, 3.8) is 0 Å². The number of carbonyl (C=O) groups is 1. The molecule has 0 atom stereocenters. The van der Waals surface area contributed by atoms with E-state index < -0.39 is 0 Å². The summed E-state index contributed by atoms with van der Waals surface area (Å²) < 4.78 is 5.54. The average Bonchev–Trinajstić information content (AvgIpc) is 2.58. The Bertz CT molecular complexity index is 905. The molecular formula is C22H23NO2. The number of ether oxygens (including phenoxy) is 1. The molecule has 0 aliphatic carbocycles. The van der Waals surface area contributed by atoms with E-state index in [9.17, 15) is 4.79 Å². The van der Waals surface area contributed by atoms with Gasteiger partial charge in [0.1, 0.15) is 6.61 Å². The molecule has 0 amide bonds. The van der Waals surface area contributed by atoms with Gasteiger partial charge in [-0.25, -0.2) is 4.79 Å². The molecule has 1 aromatic heterocycles. The molecule has 1 heterocycles. The quantitative estimate of drug-likeness (QED) is 0.619. The van der Waals surface area contributed by atoms with E-state index >= 15 is 0 Å². The Labute approximate surface area is 148 Å². The van der Waals surface area contributed by atoms with Crippen LogP contribution in [0.25, 0.3) is 10.9 Å². The van der Waals surface area contributed by atoms with Gasteiger partial charge < -0.3 is 4.74 Å². The fourth-order valence-corrected chi connectivity index (χ4v) is 2.80. The minimum atomic E-state index is -0.318. The predicted octanol–water partition coefficient (Wildman–Crippen LogP) is 5.20. The molecule has 2 aromatic carbocycles. The number of esters is 1.